The van der Waals surface area contributed by atoms with E-state index in [9.17, 15) is 19.8 Å². The number of phenolic OH excluding ortho intramolecular Hbond substituents is 2. The molecule has 2 aromatic heterocycles. The third-order valence-corrected chi connectivity index (χ3v) is 5.86. The number of benzene rings is 4. The molecule has 2 N–H and O–H groups in total. The monoisotopic (exact) mass is 506 g/mol. The molecule has 0 spiro atoms. The standard InChI is InChI=1S/C16H12O5.C15H10O2/c1-20-11-6-12(18)16-13(19)8-14(21-15(16)7-11)9-2-4-10(17)5-3-9;16-13-10-15(11-6-2-1-3-7-11)17-14-9-5-4-8-12(13)14/h2-8,17-18H,1H3;1-10H. The Kier molecular flexibility index (Phi) is 6.65. The van der Waals surface area contributed by atoms with Crippen molar-refractivity contribution in [2.75, 3.05) is 7.11 Å². The number of para-hydroxylation sites is 1. The number of hydrogen-bond donors (Lipinski definition) is 2. The van der Waals surface area contributed by atoms with Gasteiger partial charge in [-0.3, -0.25) is 9.59 Å². The summed E-state index contributed by atoms with van der Waals surface area (Å²) in [4.78, 5) is 24.1. The van der Waals surface area contributed by atoms with Crippen molar-refractivity contribution in [3.05, 3.63) is 124 Å². The quantitative estimate of drug-likeness (QED) is 0.288. The van der Waals surface area contributed by atoms with Gasteiger partial charge in [-0.2, -0.15) is 0 Å². The first-order valence-corrected chi connectivity index (χ1v) is 11.7. The average Bonchev–Trinajstić information content (AvgIpc) is 2.93. The van der Waals surface area contributed by atoms with Gasteiger partial charge in [-0.25, -0.2) is 0 Å². The Balaban J connectivity index is 0.000000158. The van der Waals surface area contributed by atoms with Crippen LogP contribution in [0.1, 0.15) is 0 Å². The van der Waals surface area contributed by atoms with Crippen molar-refractivity contribution in [1.82, 2.24) is 0 Å². The van der Waals surface area contributed by atoms with Gasteiger partial charge in [0, 0.05) is 35.4 Å². The highest BCUT2D eigenvalue weighted by atomic mass is 16.5. The van der Waals surface area contributed by atoms with Crippen molar-refractivity contribution in [2.45, 2.75) is 0 Å². The number of rotatable bonds is 3. The molecule has 188 valence electrons. The second-order valence-electron chi connectivity index (χ2n) is 8.38. The SMILES string of the molecule is COc1cc(O)c2c(=O)cc(-c3ccc(O)cc3)oc2c1.O=c1cc(-c2ccccc2)oc2ccccc12. The molecule has 38 heavy (non-hydrogen) atoms. The van der Waals surface area contributed by atoms with Gasteiger partial charge in [0.15, 0.2) is 10.9 Å². The molecule has 7 heteroatoms. The molecule has 0 bridgehead atoms. The van der Waals surface area contributed by atoms with Crippen LogP contribution in [0.3, 0.4) is 0 Å². The molecule has 2 heterocycles. The lowest BCUT2D eigenvalue weighted by atomic mass is 10.1. The highest BCUT2D eigenvalue weighted by Crippen LogP contribution is 2.31. The smallest absolute Gasteiger partial charge is 0.197 e. The van der Waals surface area contributed by atoms with Gasteiger partial charge in [-0.15, -0.1) is 0 Å². The Morgan fingerprint density at radius 2 is 1.24 bits per heavy atom. The van der Waals surface area contributed by atoms with Crippen molar-refractivity contribution >= 4 is 21.9 Å². The molecule has 0 unspecified atom stereocenters. The summed E-state index contributed by atoms with van der Waals surface area (Å²) in [6, 6.07) is 28.9. The van der Waals surface area contributed by atoms with Crippen molar-refractivity contribution in [3.63, 3.8) is 0 Å². The third kappa shape index (κ3) is 4.99. The zero-order valence-corrected chi connectivity index (χ0v) is 20.3. The van der Waals surface area contributed by atoms with E-state index in [0.717, 1.165) is 5.56 Å². The molecular weight excluding hydrogens is 484 g/mol. The zero-order chi connectivity index (χ0) is 26.6. The lowest BCUT2D eigenvalue weighted by Gasteiger charge is -2.07. The Bertz CT molecular complexity index is 1850. The Morgan fingerprint density at radius 1 is 0.632 bits per heavy atom. The van der Waals surface area contributed by atoms with Gasteiger partial charge in [0.25, 0.3) is 0 Å². The summed E-state index contributed by atoms with van der Waals surface area (Å²) in [6.45, 7) is 0. The first-order valence-electron chi connectivity index (χ1n) is 11.7. The summed E-state index contributed by atoms with van der Waals surface area (Å²) in [5, 5.41) is 19.9. The summed E-state index contributed by atoms with van der Waals surface area (Å²) >= 11 is 0. The van der Waals surface area contributed by atoms with Crippen LogP contribution in [0.4, 0.5) is 0 Å². The molecule has 0 radical (unpaired) electrons. The number of ether oxygens (including phenoxy) is 1. The van der Waals surface area contributed by atoms with Gasteiger partial charge >= 0.3 is 0 Å². The minimum absolute atomic E-state index is 0.00861. The maximum absolute atomic E-state index is 12.2. The minimum Gasteiger partial charge on any atom is -0.508 e. The maximum atomic E-state index is 12.2. The van der Waals surface area contributed by atoms with Crippen molar-refractivity contribution in [1.29, 1.82) is 0 Å². The number of phenols is 2. The molecule has 0 fully saturated rings. The van der Waals surface area contributed by atoms with E-state index in [0.29, 0.717) is 33.8 Å². The lowest BCUT2D eigenvalue weighted by molar-refractivity contribution is 0.408. The van der Waals surface area contributed by atoms with E-state index in [1.807, 2.05) is 48.5 Å². The summed E-state index contributed by atoms with van der Waals surface area (Å²) in [5.41, 5.74) is 2.07. The second kappa shape index (κ2) is 10.4. The molecule has 6 rings (SSSR count). The first kappa shape index (κ1) is 24.4. The second-order valence-corrected chi connectivity index (χ2v) is 8.38. The Hall–Kier alpha value is -5.30. The van der Waals surface area contributed by atoms with Crippen molar-refractivity contribution in [3.8, 4) is 39.9 Å². The summed E-state index contributed by atoms with van der Waals surface area (Å²) in [7, 11) is 1.46. The van der Waals surface area contributed by atoms with Crippen LogP contribution in [0.15, 0.2) is 122 Å². The Morgan fingerprint density at radius 3 is 1.95 bits per heavy atom. The molecule has 7 nitrogen and oxygen atoms in total. The predicted octanol–water partition coefficient (Wildman–Crippen LogP) is 6.34. The number of hydrogen-bond acceptors (Lipinski definition) is 7. The van der Waals surface area contributed by atoms with Gasteiger partial charge in [0.05, 0.1) is 12.5 Å². The lowest BCUT2D eigenvalue weighted by Crippen LogP contribution is -2.01. The van der Waals surface area contributed by atoms with Crippen LogP contribution in [0, 0.1) is 0 Å². The molecular formula is C31H22O7. The van der Waals surface area contributed by atoms with E-state index in [1.165, 1.54) is 37.4 Å². The van der Waals surface area contributed by atoms with E-state index in [2.05, 4.69) is 0 Å². The van der Waals surface area contributed by atoms with Crippen LogP contribution >= 0.6 is 0 Å². The fourth-order valence-electron chi connectivity index (χ4n) is 3.98. The van der Waals surface area contributed by atoms with Gasteiger partial charge < -0.3 is 23.8 Å². The highest BCUT2D eigenvalue weighted by molar-refractivity contribution is 5.86. The largest absolute Gasteiger partial charge is 0.508 e. The van der Waals surface area contributed by atoms with E-state index < -0.39 is 0 Å². The predicted molar refractivity (Wildman–Crippen MR) is 146 cm³/mol. The van der Waals surface area contributed by atoms with E-state index in [-0.39, 0.29) is 33.3 Å². The van der Waals surface area contributed by atoms with Crippen molar-refractivity contribution in [2.24, 2.45) is 0 Å². The van der Waals surface area contributed by atoms with Gasteiger partial charge in [-0.05, 0) is 36.4 Å². The minimum atomic E-state index is -0.348. The summed E-state index contributed by atoms with van der Waals surface area (Å²) in [6.07, 6.45) is 0. The van der Waals surface area contributed by atoms with Crippen LogP contribution in [-0.2, 0) is 0 Å². The fraction of sp³-hybridized carbons (Fsp3) is 0.0323. The van der Waals surface area contributed by atoms with Crippen molar-refractivity contribution < 1.29 is 23.8 Å². The van der Waals surface area contributed by atoms with Crippen LogP contribution in [-0.4, -0.2) is 17.3 Å². The number of methoxy groups -OCH3 is 1. The van der Waals surface area contributed by atoms with E-state index in [1.54, 1.807) is 24.3 Å². The fourth-order valence-corrected chi connectivity index (χ4v) is 3.98. The topological polar surface area (TPSA) is 110 Å². The van der Waals surface area contributed by atoms with E-state index >= 15 is 0 Å². The molecule has 0 aliphatic rings. The molecule has 0 atom stereocenters. The highest BCUT2D eigenvalue weighted by Gasteiger charge is 2.12. The van der Waals surface area contributed by atoms with E-state index in [4.69, 9.17) is 13.6 Å². The van der Waals surface area contributed by atoms with Crippen LogP contribution in [0.25, 0.3) is 44.6 Å². The first-order chi connectivity index (χ1) is 18.4. The zero-order valence-electron chi connectivity index (χ0n) is 20.3. The molecule has 0 aliphatic carbocycles. The van der Waals surface area contributed by atoms with Crippen LogP contribution < -0.4 is 15.6 Å². The maximum Gasteiger partial charge on any atom is 0.197 e. The van der Waals surface area contributed by atoms with Gasteiger partial charge in [0.2, 0.25) is 0 Å². The summed E-state index contributed by atoms with van der Waals surface area (Å²) < 4.78 is 16.4. The molecule has 0 amide bonds. The molecule has 6 aromatic rings. The number of fused-ring (bicyclic) bond motifs is 2. The van der Waals surface area contributed by atoms with Crippen LogP contribution in [0.2, 0.25) is 0 Å². The molecule has 4 aromatic carbocycles. The molecule has 0 saturated carbocycles. The number of aromatic hydroxyl groups is 2. The Labute approximate surface area is 216 Å². The molecule has 0 saturated heterocycles. The summed E-state index contributed by atoms with van der Waals surface area (Å²) in [5.74, 6) is 1.29. The average molecular weight is 507 g/mol. The third-order valence-electron chi connectivity index (χ3n) is 5.86. The molecule has 0 aliphatic heterocycles. The van der Waals surface area contributed by atoms with Gasteiger partial charge in [0.1, 0.15) is 45.3 Å². The van der Waals surface area contributed by atoms with Crippen LogP contribution in [0.5, 0.6) is 17.2 Å². The van der Waals surface area contributed by atoms with Gasteiger partial charge in [-0.1, -0.05) is 42.5 Å². The normalized spacial score (nSPS) is 10.7.